The maximum atomic E-state index is 14.2. The molecule has 0 saturated carbocycles. The average molecular weight is 449 g/mol. The van der Waals surface area contributed by atoms with Crippen LogP contribution in [0, 0.1) is 17.1 Å². The van der Waals surface area contributed by atoms with E-state index in [9.17, 15) is 19.2 Å². The fourth-order valence-corrected chi connectivity index (χ4v) is 3.88. The SMILES string of the molecule is CC1Oc2nc(cnc2N)-c2c(nn(C)c2C#N)Cn2c(=O)[nH]c(=O)n2-c2ccc(F)cc21. The van der Waals surface area contributed by atoms with E-state index in [-0.39, 0.29) is 46.6 Å². The van der Waals surface area contributed by atoms with Crippen LogP contribution in [0.2, 0.25) is 0 Å². The number of nitrogens with two attached hydrogens (primary N) is 1. The normalized spacial score (nSPS) is 14.7. The number of rotatable bonds is 0. The molecule has 0 saturated heterocycles. The molecule has 0 radical (unpaired) electrons. The van der Waals surface area contributed by atoms with E-state index in [4.69, 9.17) is 10.5 Å². The van der Waals surface area contributed by atoms with Crippen LogP contribution in [0.1, 0.15) is 30.0 Å². The molecule has 3 N–H and O–H groups in total. The minimum atomic E-state index is -0.837. The number of nitrogens with zero attached hydrogens (tertiary/aromatic N) is 7. The summed E-state index contributed by atoms with van der Waals surface area (Å²) in [6.07, 6.45) is 0.525. The number of nitrogens with one attached hydrogen (secondary N) is 1. The highest BCUT2D eigenvalue weighted by Gasteiger charge is 2.26. The highest BCUT2D eigenvalue weighted by atomic mass is 19.1. The molecule has 12 nitrogen and oxygen atoms in total. The third kappa shape index (κ3) is 3.07. The molecule has 0 spiro atoms. The van der Waals surface area contributed by atoms with Crippen molar-refractivity contribution in [3.63, 3.8) is 0 Å². The second-order valence-electron chi connectivity index (χ2n) is 7.42. The Hall–Kier alpha value is -4.73. The maximum absolute atomic E-state index is 14.2. The Morgan fingerprint density at radius 3 is 2.88 bits per heavy atom. The van der Waals surface area contributed by atoms with E-state index < -0.39 is 23.3 Å². The molecule has 3 aromatic heterocycles. The molecule has 1 aliphatic heterocycles. The highest BCUT2D eigenvalue weighted by Crippen LogP contribution is 2.33. The number of aryl methyl sites for hydroxylation is 1. The molecule has 13 heteroatoms. The maximum Gasteiger partial charge on any atom is 0.349 e. The zero-order valence-corrected chi connectivity index (χ0v) is 17.4. The van der Waals surface area contributed by atoms with Crippen LogP contribution in [0.5, 0.6) is 5.88 Å². The molecule has 4 heterocycles. The van der Waals surface area contributed by atoms with Crippen molar-refractivity contribution in [2.75, 3.05) is 5.73 Å². The number of nitrogen functional groups attached to an aromatic ring is 1. The van der Waals surface area contributed by atoms with Gasteiger partial charge in [0.1, 0.15) is 23.7 Å². The van der Waals surface area contributed by atoms with Crippen molar-refractivity contribution in [3.8, 4) is 28.9 Å². The lowest BCUT2D eigenvalue weighted by Gasteiger charge is -2.21. The minimum Gasteiger partial charge on any atom is -0.467 e. The number of benzene rings is 1. The number of H-pyrrole nitrogens is 1. The van der Waals surface area contributed by atoms with E-state index in [2.05, 4.69) is 26.1 Å². The molecule has 166 valence electrons. The van der Waals surface area contributed by atoms with Gasteiger partial charge in [-0.1, -0.05) is 0 Å². The first-order valence-corrected chi connectivity index (χ1v) is 9.76. The predicted octanol–water partition coefficient (Wildman–Crippen LogP) is 0.612. The summed E-state index contributed by atoms with van der Waals surface area (Å²) in [5.41, 5.74) is 6.02. The monoisotopic (exact) mass is 449 g/mol. The largest absolute Gasteiger partial charge is 0.467 e. The van der Waals surface area contributed by atoms with Crippen molar-refractivity contribution in [2.45, 2.75) is 19.6 Å². The number of ether oxygens (including phenoxy) is 1. The minimum absolute atomic E-state index is 0.0136. The smallest absolute Gasteiger partial charge is 0.349 e. The van der Waals surface area contributed by atoms with Gasteiger partial charge in [-0.2, -0.15) is 15.0 Å². The molecule has 5 rings (SSSR count). The number of aromatic amines is 1. The van der Waals surface area contributed by atoms with Gasteiger partial charge in [-0.25, -0.2) is 28.6 Å². The van der Waals surface area contributed by atoms with Crippen molar-refractivity contribution in [1.29, 1.82) is 5.26 Å². The number of nitriles is 1. The molecule has 33 heavy (non-hydrogen) atoms. The van der Waals surface area contributed by atoms with Gasteiger partial charge in [0.25, 0.3) is 5.88 Å². The molecule has 2 bridgehead atoms. The Morgan fingerprint density at radius 1 is 1.33 bits per heavy atom. The first-order chi connectivity index (χ1) is 15.8. The van der Waals surface area contributed by atoms with Crippen LogP contribution in [-0.2, 0) is 13.6 Å². The van der Waals surface area contributed by atoms with Crippen molar-refractivity contribution in [3.05, 3.63) is 68.1 Å². The summed E-state index contributed by atoms with van der Waals surface area (Å²) >= 11 is 0. The lowest BCUT2D eigenvalue weighted by atomic mass is 10.1. The molecule has 1 aliphatic rings. The van der Waals surface area contributed by atoms with Crippen molar-refractivity contribution in [1.82, 2.24) is 34.1 Å². The van der Waals surface area contributed by atoms with Crippen LogP contribution in [0.15, 0.2) is 34.0 Å². The molecular formula is C20H16FN9O3. The van der Waals surface area contributed by atoms with Gasteiger partial charge in [-0.15, -0.1) is 0 Å². The summed E-state index contributed by atoms with van der Waals surface area (Å²) < 4.78 is 23.6. The highest BCUT2D eigenvalue weighted by molar-refractivity contribution is 5.69. The fourth-order valence-electron chi connectivity index (χ4n) is 3.88. The Labute approximate surface area is 184 Å². The Bertz CT molecular complexity index is 1590. The van der Waals surface area contributed by atoms with Crippen LogP contribution in [0.3, 0.4) is 0 Å². The second-order valence-corrected chi connectivity index (χ2v) is 7.42. The molecular weight excluding hydrogens is 433 g/mol. The number of hydrogen-bond donors (Lipinski definition) is 2. The molecule has 1 atom stereocenters. The number of halogens is 1. The topological polar surface area (TPSA) is 162 Å². The average Bonchev–Trinajstić information content (AvgIpc) is 3.23. The Kier molecular flexibility index (Phi) is 4.38. The fraction of sp³-hybridized carbons (Fsp3) is 0.200. The summed E-state index contributed by atoms with van der Waals surface area (Å²) in [5, 5.41) is 14.1. The lowest BCUT2D eigenvalue weighted by molar-refractivity contribution is 0.217. The molecule has 0 amide bonds. The van der Waals surface area contributed by atoms with E-state index in [1.807, 2.05) is 0 Å². The van der Waals surface area contributed by atoms with Crippen LogP contribution < -0.4 is 21.9 Å². The van der Waals surface area contributed by atoms with Gasteiger partial charge in [0.2, 0.25) is 0 Å². The molecule has 1 aromatic carbocycles. The summed E-state index contributed by atoms with van der Waals surface area (Å²) in [7, 11) is 1.57. The number of aromatic nitrogens is 7. The summed E-state index contributed by atoms with van der Waals surface area (Å²) in [6.45, 7) is 1.43. The van der Waals surface area contributed by atoms with Crippen LogP contribution in [0.25, 0.3) is 16.9 Å². The number of hydrogen-bond acceptors (Lipinski definition) is 8. The van der Waals surface area contributed by atoms with E-state index >= 15 is 0 Å². The van der Waals surface area contributed by atoms with E-state index in [0.29, 0.717) is 5.56 Å². The van der Waals surface area contributed by atoms with Gasteiger partial charge in [-0.3, -0.25) is 9.67 Å². The van der Waals surface area contributed by atoms with E-state index in [1.165, 1.54) is 29.1 Å². The quantitative estimate of drug-likeness (QED) is 0.394. The molecule has 1 unspecified atom stereocenters. The van der Waals surface area contributed by atoms with Crippen LogP contribution in [-0.4, -0.2) is 34.1 Å². The number of anilines is 1. The van der Waals surface area contributed by atoms with Gasteiger partial charge in [-0.05, 0) is 25.1 Å². The van der Waals surface area contributed by atoms with Gasteiger partial charge >= 0.3 is 11.4 Å². The van der Waals surface area contributed by atoms with Gasteiger partial charge in [0, 0.05) is 12.6 Å². The first-order valence-electron chi connectivity index (χ1n) is 9.76. The van der Waals surface area contributed by atoms with Crippen molar-refractivity contribution < 1.29 is 9.13 Å². The summed E-state index contributed by atoms with van der Waals surface area (Å²) in [4.78, 5) is 36.2. The first kappa shape index (κ1) is 20.2. The third-order valence-electron chi connectivity index (χ3n) is 5.37. The third-order valence-corrected chi connectivity index (χ3v) is 5.37. The summed E-state index contributed by atoms with van der Waals surface area (Å²) in [6, 6.07) is 5.81. The van der Waals surface area contributed by atoms with Crippen LogP contribution >= 0.6 is 0 Å². The van der Waals surface area contributed by atoms with E-state index in [0.717, 1.165) is 9.36 Å². The second kappa shape index (κ2) is 7.16. The van der Waals surface area contributed by atoms with Gasteiger partial charge in [0.05, 0.1) is 35.4 Å². The van der Waals surface area contributed by atoms with Gasteiger partial charge in [0.15, 0.2) is 5.82 Å². The molecule has 0 aliphatic carbocycles. The molecule has 0 fully saturated rings. The van der Waals surface area contributed by atoms with E-state index in [1.54, 1.807) is 14.0 Å². The van der Waals surface area contributed by atoms with Crippen molar-refractivity contribution >= 4 is 5.82 Å². The number of fused-ring (bicyclic) bond motifs is 7. The standard InChI is InChI=1S/C20H16FN9O3/c1-9-11-5-10(21)3-4-14(11)30-20(32)26-19(31)29(30)8-13-16(15(6-22)28(2)27-13)12-7-24-17(23)18(25-12)33-9/h3-5,7,9H,8H2,1-2H3,(H2,23,24)(H,26,31,32). The zero-order valence-electron chi connectivity index (χ0n) is 17.4. The Balaban J connectivity index is 1.90. The zero-order chi connectivity index (χ0) is 23.4. The van der Waals surface area contributed by atoms with Crippen molar-refractivity contribution in [2.24, 2.45) is 7.05 Å². The predicted molar refractivity (Wildman–Crippen MR) is 112 cm³/mol. The molecule has 4 aromatic rings. The van der Waals surface area contributed by atoms with Gasteiger partial charge < -0.3 is 10.5 Å². The summed E-state index contributed by atoms with van der Waals surface area (Å²) in [5.74, 6) is -0.610. The Morgan fingerprint density at radius 2 is 2.12 bits per heavy atom. The van der Waals surface area contributed by atoms with Crippen LogP contribution in [0.4, 0.5) is 10.2 Å². The lowest BCUT2D eigenvalue weighted by Crippen LogP contribution is -2.28.